The quantitative estimate of drug-likeness (QED) is 0.736. The standard InChI is InChI=1S/C12H22N2O2/c13-12(4-1-2-5-12)7-11(16)14-6-3-10(8-14)9-15/h10,15H,1-9,13H2. The van der Waals surface area contributed by atoms with Gasteiger partial charge in [0.1, 0.15) is 0 Å². The van der Waals surface area contributed by atoms with Gasteiger partial charge >= 0.3 is 0 Å². The summed E-state index contributed by atoms with van der Waals surface area (Å²) in [5, 5.41) is 9.04. The molecule has 2 fully saturated rings. The highest BCUT2D eigenvalue weighted by Crippen LogP contribution is 2.31. The average molecular weight is 226 g/mol. The molecule has 1 heterocycles. The van der Waals surface area contributed by atoms with Crippen LogP contribution in [0.3, 0.4) is 0 Å². The zero-order valence-electron chi connectivity index (χ0n) is 9.82. The monoisotopic (exact) mass is 226 g/mol. The molecule has 92 valence electrons. The summed E-state index contributed by atoms with van der Waals surface area (Å²) in [7, 11) is 0. The first-order chi connectivity index (χ1) is 7.63. The van der Waals surface area contributed by atoms with Gasteiger partial charge in [0.25, 0.3) is 0 Å². The van der Waals surface area contributed by atoms with E-state index in [1.165, 1.54) is 0 Å². The van der Waals surface area contributed by atoms with Crippen LogP contribution in [0.25, 0.3) is 0 Å². The fourth-order valence-electron chi connectivity index (χ4n) is 2.88. The zero-order chi connectivity index (χ0) is 11.6. The Morgan fingerprint density at radius 3 is 2.69 bits per heavy atom. The highest BCUT2D eigenvalue weighted by Gasteiger charge is 2.35. The Morgan fingerprint density at radius 1 is 1.44 bits per heavy atom. The number of aliphatic hydroxyl groups is 1. The van der Waals surface area contributed by atoms with Crippen molar-refractivity contribution in [3.05, 3.63) is 0 Å². The molecule has 0 radical (unpaired) electrons. The summed E-state index contributed by atoms with van der Waals surface area (Å²) >= 11 is 0. The first-order valence-corrected chi connectivity index (χ1v) is 6.30. The van der Waals surface area contributed by atoms with E-state index in [0.717, 1.165) is 38.6 Å². The SMILES string of the molecule is NC1(CC(=O)N2CCC(CO)C2)CCCC1. The van der Waals surface area contributed by atoms with Gasteiger partial charge in [-0.2, -0.15) is 0 Å². The Kier molecular flexibility index (Phi) is 3.50. The number of carbonyl (C=O) groups excluding carboxylic acids is 1. The molecule has 0 bridgehead atoms. The molecule has 1 saturated heterocycles. The second kappa shape index (κ2) is 4.72. The van der Waals surface area contributed by atoms with Gasteiger partial charge in [-0.05, 0) is 19.3 Å². The minimum Gasteiger partial charge on any atom is -0.396 e. The van der Waals surface area contributed by atoms with E-state index >= 15 is 0 Å². The van der Waals surface area contributed by atoms with Gasteiger partial charge in [0.15, 0.2) is 0 Å². The number of aliphatic hydroxyl groups excluding tert-OH is 1. The number of likely N-dealkylation sites (tertiary alicyclic amines) is 1. The number of hydrogen-bond donors (Lipinski definition) is 2. The first-order valence-electron chi connectivity index (χ1n) is 6.30. The van der Waals surface area contributed by atoms with Crippen LogP contribution in [0.5, 0.6) is 0 Å². The van der Waals surface area contributed by atoms with Crippen molar-refractivity contribution >= 4 is 5.91 Å². The van der Waals surface area contributed by atoms with Gasteiger partial charge in [-0.3, -0.25) is 4.79 Å². The van der Waals surface area contributed by atoms with Crippen LogP contribution in [0.4, 0.5) is 0 Å². The lowest BCUT2D eigenvalue weighted by Gasteiger charge is -2.26. The number of carbonyl (C=O) groups is 1. The van der Waals surface area contributed by atoms with Crippen LogP contribution in [-0.2, 0) is 4.79 Å². The topological polar surface area (TPSA) is 66.6 Å². The largest absolute Gasteiger partial charge is 0.396 e. The second-order valence-corrected chi connectivity index (χ2v) is 5.42. The third kappa shape index (κ3) is 2.55. The summed E-state index contributed by atoms with van der Waals surface area (Å²) in [4.78, 5) is 13.9. The Morgan fingerprint density at radius 2 is 2.12 bits per heavy atom. The van der Waals surface area contributed by atoms with Crippen molar-refractivity contribution in [1.82, 2.24) is 4.90 Å². The van der Waals surface area contributed by atoms with E-state index in [-0.39, 0.29) is 24.0 Å². The van der Waals surface area contributed by atoms with Crippen LogP contribution >= 0.6 is 0 Å². The normalized spacial score (nSPS) is 28.6. The predicted molar refractivity (Wildman–Crippen MR) is 61.8 cm³/mol. The molecular weight excluding hydrogens is 204 g/mol. The molecule has 3 N–H and O–H groups in total. The molecule has 1 atom stereocenters. The van der Waals surface area contributed by atoms with Crippen molar-refractivity contribution in [3.8, 4) is 0 Å². The third-order valence-corrected chi connectivity index (χ3v) is 4.00. The molecule has 1 saturated carbocycles. The lowest BCUT2D eigenvalue weighted by atomic mass is 9.94. The number of amides is 1. The zero-order valence-corrected chi connectivity index (χ0v) is 9.82. The van der Waals surface area contributed by atoms with Crippen LogP contribution in [0.1, 0.15) is 38.5 Å². The van der Waals surface area contributed by atoms with Gasteiger partial charge < -0.3 is 15.7 Å². The Bertz CT molecular complexity index is 262. The summed E-state index contributed by atoms with van der Waals surface area (Å²) in [5.74, 6) is 0.460. The van der Waals surface area contributed by atoms with Gasteiger partial charge in [0.2, 0.25) is 5.91 Å². The maximum Gasteiger partial charge on any atom is 0.224 e. The summed E-state index contributed by atoms with van der Waals surface area (Å²) in [6.07, 6.45) is 5.70. The van der Waals surface area contributed by atoms with Gasteiger partial charge in [0, 0.05) is 37.6 Å². The third-order valence-electron chi connectivity index (χ3n) is 4.00. The molecule has 1 aliphatic carbocycles. The van der Waals surface area contributed by atoms with Crippen molar-refractivity contribution in [3.63, 3.8) is 0 Å². The van der Waals surface area contributed by atoms with Crippen LogP contribution in [0, 0.1) is 5.92 Å². The maximum atomic E-state index is 12.0. The van der Waals surface area contributed by atoms with Crippen molar-refractivity contribution in [2.24, 2.45) is 11.7 Å². The van der Waals surface area contributed by atoms with Crippen molar-refractivity contribution < 1.29 is 9.90 Å². The molecule has 2 aliphatic rings. The Balaban J connectivity index is 1.84. The molecule has 0 aromatic heterocycles. The lowest BCUT2D eigenvalue weighted by Crippen LogP contribution is -2.43. The first kappa shape index (κ1) is 11.9. The molecule has 4 nitrogen and oxygen atoms in total. The van der Waals surface area contributed by atoms with Gasteiger partial charge in [0.05, 0.1) is 0 Å². The van der Waals surface area contributed by atoms with E-state index in [9.17, 15) is 4.79 Å². The van der Waals surface area contributed by atoms with E-state index in [1.807, 2.05) is 4.90 Å². The lowest BCUT2D eigenvalue weighted by molar-refractivity contribution is -0.131. The minimum absolute atomic E-state index is 0.181. The summed E-state index contributed by atoms with van der Waals surface area (Å²) < 4.78 is 0. The molecule has 0 aromatic carbocycles. The molecule has 2 rings (SSSR count). The highest BCUT2D eigenvalue weighted by molar-refractivity contribution is 5.77. The number of nitrogens with zero attached hydrogens (tertiary/aromatic N) is 1. The molecule has 1 aliphatic heterocycles. The fraction of sp³-hybridized carbons (Fsp3) is 0.917. The molecule has 0 spiro atoms. The maximum absolute atomic E-state index is 12.0. The average Bonchev–Trinajstić information content (AvgIpc) is 2.86. The minimum atomic E-state index is -0.242. The summed E-state index contributed by atoms with van der Waals surface area (Å²) in [6.45, 7) is 1.70. The van der Waals surface area contributed by atoms with E-state index < -0.39 is 0 Å². The van der Waals surface area contributed by atoms with Crippen molar-refractivity contribution in [2.75, 3.05) is 19.7 Å². The van der Waals surface area contributed by atoms with Crippen LogP contribution < -0.4 is 5.73 Å². The van der Waals surface area contributed by atoms with Crippen molar-refractivity contribution in [2.45, 2.75) is 44.1 Å². The van der Waals surface area contributed by atoms with Gasteiger partial charge in [-0.1, -0.05) is 12.8 Å². The van der Waals surface area contributed by atoms with Gasteiger partial charge in [-0.15, -0.1) is 0 Å². The summed E-state index contributed by atoms with van der Waals surface area (Å²) in [5.41, 5.74) is 5.96. The van der Waals surface area contributed by atoms with Crippen LogP contribution in [0.15, 0.2) is 0 Å². The predicted octanol–water partition coefficient (Wildman–Crippen LogP) is 0.489. The summed E-state index contributed by atoms with van der Waals surface area (Å²) in [6, 6.07) is 0. The van der Waals surface area contributed by atoms with E-state index in [4.69, 9.17) is 10.8 Å². The molecule has 16 heavy (non-hydrogen) atoms. The number of nitrogens with two attached hydrogens (primary N) is 1. The number of hydrogen-bond acceptors (Lipinski definition) is 3. The molecular formula is C12H22N2O2. The van der Waals surface area contributed by atoms with E-state index in [0.29, 0.717) is 13.0 Å². The van der Waals surface area contributed by atoms with E-state index in [2.05, 4.69) is 0 Å². The molecule has 4 heteroatoms. The Labute approximate surface area is 96.8 Å². The molecule has 0 aromatic rings. The molecule has 1 amide bonds. The van der Waals surface area contributed by atoms with Crippen LogP contribution in [-0.4, -0.2) is 41.1 Å². The smallest absolute Gasteiger partial charge is 0.224 e. The van der Waals surface area contributed by atoms with Crippen molar-refractivity contribution in [1.29, 1.82) is 0 Å². The fourth-order valence-corrected chi connectivity index (χ4v) is 2.88. The van der Waals surface area contributed by atoms with Gasteiger partial charge in [-0.25, -0.2) is 0 Å². The van der Waals surface area contributed by atoms with E-state index in [1.54, 1.807) is 0 Å². The van der Waals surface area contributed by atoms with Crippen LogP contribution in [0.2, 0.25) is 0 Å². The second-order valence-electron chi connectivity index (χ2n) is 5.42. The number of rotatable bonds is 3. The highest BCUT2D eigenvalue weighted by atomic mass is 16.3. The molecule has 1 unspecified atom stereocenters. The Hall–Kier alpha value is -0.610.